The van der Waals surface area contributed by atoms with Crippen LogP contribution in [0.4, 0.5) is 17.1 Å². The van der Waals surface area contributed by atoms with Gasteiger partial charge in [-0.1, -0.05) is 76.4 Å². The van der Waals surface area contributed by atoms with E-state index in [2.05, 4.69) is 23.8 Å². The molecule has 1 aromatic carbocycles. The molecule has 0 aliphatic heterocycles. The average molecular weight is 840 g/mol. The van der Waals surface area contributed by atoms with E-state index in [0.717, 1.165) is 64.9 Å². The highest BCUT2D eigenvalue weighted by atomic mass is 32.2. The van der Waals surface area contributed by atoms with Gasteiger partial charge in [0.25, 0.3) is 0 Å². The molecule has 0 saturated carbocycles. The van der Waals surface area contributed by atoms with E-state index in [0.29, 0.717) is 43.7 Å². The Bertz CT molecular complexity index is 2220. The Kier molecular flexibility index (Phi) is 17.6. The summed E-state index contributed by atoms with van der Waals surface area (Å²) < 4.78 is 36.7. The van der Waals surface area contributed by atoms with E-state index < -0.39 is 37.3 Å². The van der Waals surface area contributed by atoms with Crippen LogP contribution >= 0.6 is 22.7 Å². The van der Waals surface area contributed by atoms with Crippen molar-refractivity contribution in [3.8, 4) is 22.0 Å². The molecule has 17 heteroatoms. The Morgan fingerprint density at radius 3 is 1.91 bits per heavy atom. The number of benzene rings is 1. The standard InChI is InChI=1S/C20H19N3OS3.C9H12N2O3S.C9H14N2OS/c1-2-3-12-27(24)20-16(21)15-17(13-8-5-4-6-9-13)22-18(23-19(15)26-20)14-10-7-11-25-14;1-2-3-7-15(14)9-8(11(12)13)5-4-6-10-9;1-2-3-7-13(12)9-8(10)5-4-6-11-9/h4-11H,2-3,12,21H2,1H3;4-6H,2-3,7H2,1H3;4-6H,2-3,7,10H2,1H3. The number of nitrogens with zero attached hydrogens (tertiary/aromatic N) is 5. The maximum absolute atomic E-state index is 12.8. The first-order valence-corrected chi connectivity index (χ1v) is 23.4. The predicted octanol–water partition coefficient (Wildman–Crippen LogP) is 9.05. The fourth-order valence-corrected chi connectivity index (χ4v) is 10.9. The molecular formula is C38H45N7O5S5. The Morgan fingerprint density at radius 1 is 0.727 bits per heavy atom. The lowest BCUT2D eigenvalue weighted by Gasteiger charge is -2.06. The lowest BCUT2D eigenvalue weighted by Crippen LogP contribution is -2.04. The number of pyridine rings is 2. The van der Waals surface area contributed by atoms with Crippen LogP contribution in [-0.4, -0.2) is 54.7 Å². The van der Waals surface area contributed by atoms with Gasteiger partial charge in [-0.05, 0) is 48.9 Å². The Hall–Kier alpha value is -4.29. The molecule has 12 nitrogen and oxygen atoms in total. The number of anilines is 2. The van der Waals surface area contributed by atoms with E-state index in [-0.39, 0.29) is 10.7 Å². The highest BCUT2D eigenvalue weighted by Gasteiger charge is 2.22. The number of nitro groups is 1. The number of aromatic nitrogens is 4. The van der Waals surface area contributed by atoms with E-state index >= 15 is 0 Å². The molecule has 0 aliphatic rings. The Labute approximate surface area is 336 Å². The van der Waals surface area contributed by atoms with Crippen molar-refractivity contribution in [3.63, 3.8) is 0 Å². The molecule has 5 aromatic heterocycles. The van der Waals surface area contributed by atoms with E-state index in [4.69, 9.17) is 21.4 Å². The predicted molar refractivity (Wildman–Crippen MR) is 229 cm³/mol. The van der Waals surface area contributed by atoms with Gasteiger partial charge in [0.15, 0.2) is 5.82 Å². The number of hydrogen-bond acceptors (Lipinski definition) is 13. The molecule has 4 N–H and O–H groups in total. The molecule has 0 radical (unpaired) electrons. The van der Waals surface area contributed by atoms with Crippen LogP contribution in [0.3, 0.4) is 0 Å². The number of unbranched alkanes of at least 4 members (excludes halogenated alkanes) is 3. The second-order valence-electron chi connectivity index (χ2n) is 11.9. The minimum atomic E-state index is -1.37. The first kappa shape index (κ1) is 43.4. The van der Waals surface area contributed by atoms with Crippen LogP contribution < -0.4 is 11.5 Å². The second kappa shape index (κ2) is 22.3. The molecular weight excluding hydrogens is 795 g/mol. The maximum Gasteiger partial charge on any atom is 0.303 e. The second-order valence-corrected chi connectivity index (χ2v) is 18.6. The van der Waals surface area contributed by atoms with Crippen LogP contribution in [0, 0.1) is 10.1 Å². The normalized spacial score (nSPS) is 12.5. The van der Waals surface area contributed by atoms with Crippen molar-refractivity contribution in [1.82, 2.24) is 19.9 Å². The molecule has 0 fully saturated rings. The van der Waals surface area contributed by atoms with Crippen molar-refractivity contribution < 1.29 is 17.6 Å². The lowest BCUT2D eigenvalue weighted by atomic mass is 10.1. The molecule has 6 rings (SSSR count). The van der Waals surface area contributed by atoms with Crippen molar-refractivity contribution in [1.29, 1.82) is 0 Å². The monoisotopic (exact) mass is 839 g/mol. The van der Waals surface area contributed by atoms with Crippen LogP contribution in [-0.2, 0) is 32.4 Å². The quantitative estimate of drug-likeness (QED) is 0.0739. The minimum Gasteiger partial charge on any atom is -0.396 e. The number of fused-ring (bicyclic) bond motifs is 1. The fourth-order valence-electron chi connectivity index (χ4n) is 4.89. The zero-order chi connectivity index (χ0) is 39.7. The molecule has 0 saturated heterocycles. The van der Waals surface area contributed by atoms with Gasteiger partial charge in [-0.3, -0.25) is 22.7 Å². The summed E-state index contributed by atoms with van der Waals surface area (Å²) in [4.78, 5) is 29.3. The van der Waals surface area contributed by atoms with Gasteiger partial charge in [-0.25, -0.2) is 19.9 Å². The van der Waals surface area contributed by atoms with Crippen molar-refractivity contribution in [3.05, 3.63) is 94.6 Å². The van der Waals surface area contributed by atoms with Crippen LogP contribution in [0.2, 0.25) is 0 Å². The zero-order valence-corrected chi connectivity index (χ0v) is 35.0. The third-order valence-corrected chi connectivity index (χ3v) is 14.5. The highest BCUT2D eigenvalue weighted by Crippen LogP contribution is 2.41. The molecule has 0 amide bonds. The zero-order valence-electron chi connectivity index (χ0n) is 30.9. The summed E-state index contributed by atoms with van der Waals surface area (Å²) in [5.74, 6) is 2.38. The number of hydrogen-bond donors (Lipinski definition) is 2. The molecule has 5 heterocycles. The van der Waals surface area contributed by atoms with Crippen molar-refractivity contribution in [2.75, 3.05) is 28.7 Å². The van der Waals surface area contributed by atoms with E-state index in [9.17, 15) is 22.7 Å². The first-order valence-electron chi connectivity index (χ1n) is 17.7. The first-order chi connectivity index (χ1) is 26.6. The number of nitrogen functional groups attached to an aromatic ring is 2. The average Bonchev–Trinajstić information content (AvgIpc) is 3.87. The van der Waals surface area contributed by atoms with E-state index in [1.54, 1.807) is 29.7 Å². The summed E-state index contributed by atoms with van der Waals surface area (Å²) in [7, 11) is -3.51. The molecule has 6 aromatic rings. The van der Waals surface area contributed by atoms with Gasteiger partial charge in [0.2, 0.25) is 5.03 Å². The van der Waals surface area contributed by atoms with Gasteiger partial charge in [0.05, 0.1) is 64.7 Å². The Balaban J connectivity index is 0.000000204. The highest BCUT2D eigenvalue weighted by molar-refractivity contribution is 7.87. The minimum absolute atomic E-state index is 0.0796. The van der Waals surface area contributed by atoms with Crippen LogP contribution in [0.15, 0.2) is 98.8 Å². The Morgan fingerprint density at radius 2 is 1.33 bits per heavy atom. The van der Waals surface area contributed by atoms with Crippen LogP contribution in [0.5, 0.6) is 0 Å². The van der Waals surface area contributed by atoms with E-state index in [1.165, 1.54) is 29.7 Å². The molecule has 55 heavy (non-hydrogen) atoms. The summed E-state index contributed by atoms with van der Waals surface area (Å²) in [6.07, 6.45) is 8.64. The molecule has 0 bridgehead atoms. The van der Waals surface area contributed by atoms with Gasteiger partial charge in [0, 0.05) is 41.3 Å². The summed E-state index contributed by atoms with van der Waals surface area (Å²) in [6, 6.07) is 20.3. The van der Waals surface area contributed by atoms with Gasteiger partial charge >= 0.3 is 5.69 Å². The summed E-state index contributed by atoms with van der Waals surface area (Å²) in [6.45, 7) is 6.14. The summed E-state index contributed by atoms with van der Waals surface area (Å²) in [5.41, 5.74) is 14.8. The smallest absolute Gasteiger partial charge is 0.303 e. The summed E-state index contributed by atoms with van der Waals surface area (Å²) in [5, 5.41) is 14.1. The maximum atomic E-state index is 12.8. The van der Waals surface area contributed by atoms with Gasteiger partial charge in [-0.2, -0.15) is 0 Å². The van der Waals surface area contributed by atoms with Crippen molar-refractivity contribution in [2.24, 2.45) is 0 Å². The van der Waals surface area contributed by atoms with Crippen LogP contribution in [0.25, 0.3) is 32.2 Å². The number of thiophene rings is 2. The van der Waals surface area contributed by atoms with Crippen molar-refractivity contribution >= 4 is 82.4 Å². The lowest BCUT2D eigenvalue weighted by molar-refractivity contribution is -0.388. The van der Waals surface area contributed by atoms with Crippen LogP contribution in [0.1, 0.15) is 59.3 Å². The van der Waals surface area contributed by atoms with Gasteiger partial charge < -0.3 is 11.5 Å². The topological polar surface area (TPSA) is 198 Å². The third kappa shape index (κ3) is 12.1. The molecule has 3 atom stereocenters. The van der Waals surface area contributed by atoms with Gasteiger partial charge in [0.1, 0.15) is 14.1 Å². The van der Waals surface area contributed by atoms with Crippen molar-refractivity contribution in [2.45, 2.75) is 73.6 Å². The fraction of sp³-hybridized carbons (Fsp3) is 0.316. The molecule has 3 unspecified atom stereocenters. The number of nitrogens with two attached hydrogens (primary N) is 2. The molecule has 0 spiro atoms. The largest absolute Gasteiger partial charge is 0.396 e. The summed E-state index contributed by atoms with van der Waals surface area (Å²) >= 11 is 3.04. The number of rotatable bonds is 15. The molecule has 0 aliphatic carbocycles. The SMILES string of the molecule is CCCCS(=O)c1ncccc1N.CCCCS(=O)c1ncccc1[N+](=O)[O-].CCCCS(=O)c1sc2nc(-c3cccs3)nc(-c3ccccc3)c2c1N. The van der Waals surface area contributed by atoms with E-state index in [1.807, 2.05) is 54.8 Å². The molecule has 292 valence electrons. The third-order valence-electron chi connectivity index (χ3n) is 7.78. The van der Waals surface area contributed by atoms with Gasteiger partial charge in [-0.15, -0.1) is 22.7 Å².